The number of nitrogens with zero attached hydrogens (tertiary/aromatic N) is 1. The number of hydrogen-bond acceptors (Lipinski definition) is 2. The summed E-state index contributed by atoms with van der Waals surface area (Å²) in [5, 5.41) is 3.41. The van der Waals surface area contributed by atoms with Crippen LogP contribution in [0.25, 0.3) is 0 Å². The van der Waals surface area contributed by atoms with Gasteiger partial charge in [-0.1, -0.05) is 37.6 Å². The van der Waals surface area contributed by atoms with Crippen LogP contribution in [0.1, 0.15) is 56.1 Å². The third kappa shape index (κ3) is 2.98. The molecule has 1 aromatic rings. The second kappa shape index (κ2) is 6.61. The van der Waals surface area contributed by atoms with Gasteiger partial charge in [0, 0.05) is 25.7 Å². The molecule has 2 atom stereocenters. The van der Waals surface area contributed by atoms with Gasteiger partial charge in [0.25, 0.3) is 0 Å². The van der Waals surface area contributed by atoms with E-state index < -0.39 is 0 Å². The average Bonchev–Trinajstić information content (AvgIpc) is 2.54. The fraction of sp³-hybridized carbons (Fsp3) is 0.611. The lowest BCUT2D eigenvalue weighted by atomic mass is 9.88. The van der Waals surface area contributed by atoms with E-state index >= 15 is 0 Å². The van der Waals surface area contributed by atoms with Crippen molar-refractivity contribution in [3.05, 3.63) is 35.4 Å². The number of amides is 1. The van der Waals surface area contributed by atoms with Gasteiger partial charge in [-0.05, 0) is 36.8 Å². The van der Waals surface area contributed by atoms with Gasteiger partial charge in [-0.3, -0.25) is 4.79 Å². The molecule has 0 radical (unpaired) electrons. The molecule has 1 amide bonds. The van der Waals surface area contributed by atoms with E-state index in [0.717, 1.165) is 38.9 Å². The molecule has 0 saturated carbocycles. The second-order valence-electron chi connectivity index (χ2n) is 6.35. The summed E-state index contributed by atoms with van der Waals surface area (Å²) in [5.74, 6) is 0.347. The van der Waals surface area contributed by atoms with Crippen molar-refractivity contribution in [3.8, 4) is 0 Å². The molecule has 0 aliphatic carbocycles. The van der Waals surface area contributed by atoms with E-state index in [1.54, 1.807) is 0 Å². The van der Waals surface area contributed by atoms with Crippen molar-refractivity contribution in [2.24, 2.45) is 0 Å². The number of carbonyl (C=O) groups excluding carboxylic acids is 1. The molecule has 2 aliphatic rings. The van der Waals surface area contributed by atoms with E-state index in [1.807, 2.05) is 0 Å². The molecule has 3 rings (SSSR count). The van der Waals surface area contributed by atoms with E-state index in [-0.39, 0.29) is 5.92 Å². The number of rotatable bonds is 3. The lowest BCUT2D eigenvalue weighted by Gasteiger charge is -2.39. The fourth-order valence-corrected chi connectivity index (χ4v) is 3.84. The SMILES string of the molecule is CCCC1CCCCN1C(=O)C1CNCc2ccccc21. The molecule has 2 aliphatic heterocycles. The summed E-state index contributed by atoms with van der Waals surface area (Å²) >= 11 is 0. The first kappa shape index (κ1) is 14.6. The van der Waals surface area contributed by atoms with Gasteiger partial charge in [-0.25, -0.2) is 0 Å². The topological polar surface area (TPSA) is 32.3 Å². The van der Waals surface area contributed by atoms with Crippen LogP contribution in [0.15, 0.2) is 24.3 Å². The number of likely N-dealkylation sites (tertiary alicyclic amines) is 1. The Morgan fingerprint density at radius 1 is 1.33 bits per heavy atom. The number of hydrogen-bond donors (Lipinski definition) is 1. The summed E-state index contributed by atoms with van der Waals surface area (Å²) in [6.45, 7) is 4.83. The highest BCUT2D eigenvalue weighted by Crippen LogP contribution is 2.29. The fourth-order valence-electron chi connectivity index (χ4n) is 3.84. The molecular weight excluding hydrogens is 260 g/mol. The van der Waals surface area contributed by atoms with Crippen molar-refractivity contribution in [3.63, 3.8) is 0 Å². The van der Waals surface area contributed by atoms with Crippen molar-refractivity contribution in [1.29, 1.82) is 0 Å². The molecule has 1 aromatic carbocycles. The molecule has 1 saturated heterocycles. The van der Waals surface area contributed by atoms with Gasteiger partial charge < -0.3 is 10.2 Å². The van der Waals surface area contributed by atoms with E-state index in [9.17, 15) is 4.79 Å². The molecule has 1 fully saturated rings. The van der Waals surface area contributed by atoms with Gasteiger partial charge in [-0.2, -0.15) is 0 Å². The molecule has 1 N–H and O–H groups in total. The van der Waals surface area contributed by atoms with Crippen LogP contribution in [-0.2, 0) is 11.3 Å². The van der Waals surface area contributed by atoms with Crippen molar-refractivity contribution in [2.75, 3.05) is 13.1 Å². The molecule has 3 heteroatoms. The lowest BCUT2D eigenvalue weighted by Crippen LogP contribution is -2.48. The van der Waals surface area contributed by atoms with Crippen LogP contribution in [0.3, 0.4) is 0 Å². The summed E-state index contributed by atoms with van der Waals surface area (Å²) in [5.41, 5.74) is 2.52. The third-order valence-corrected chi connectivity index (χ3v) is 4.92. The Bertz CT molecular complexity index is 498. The van der Waals surface area contributed by atoms with Gasteiger partial charge in [0.15, 0.2) is 0 Å². The van der Waals surface area contributed by atoms with Crippen LogP contribution >= 0.6 is 0 Å². The average molecular weight is 286 g/mol. The quantitative estimate of drug-likeness (QED) is 0.926. The predicted octanol–water partition coefficient (Wildman–Crippen LogP) is 3.05. The number of piperidine rings is 1. The number of nitrogens with one attached hydrogen (secondary N) is 1. The van der Waals surface area contributed by atoms with Crippen molar-refractivity contribution in [1.82, 2.24) is 10.2 Å². The van der Waals surface area contributed by atoms with E-state index in [2.05, 4.69) is 41.4 Å². The molecule has 114 valence electrons. The van der Waals surface area contributed by atoms with Crippen LogP contribution in [0, 0.1) is 0 Å². The monoisotopic (exact) mass is 286 g/mol. The number of fused-ring (bicyclic) bond motifs is 1. The van der Waals surface area contributed by atoms with Crippen LogP contribution in [0.4, 0.5) is 0 Å². The van der Waals surface area contributed by atoms with Crippen LogP contribution in [0.5, 0.6) is 0 Å². The van der Waals surface area contributed by atoms with Gasteiger partial charge in [-0.15, -0.1) is 0 Å². The normalized spacial score (nSPS) is 25.5. The maximum atomic E-state index is 13.1. The molecule has 3 nitrogen and oxygen atoms in total. The minimum atomic E-state index is 0.00686. The standard InChI is InChI=1S/C18H26N2O/c1-2-7-15-9-5-6-11-20(15)18(21)17-13-19-12-14-8-3-4-10-16(14)17/h3-4,8,10,15,17,19H,2,5-7,9,11-13H2,1H3. The van der Waals surface area contributed by atoms with E-state index in [1.165, 1.54) is 24.0 Å². The van der Waals surface area contributed by atoms with Crippen LogP contribution in [-0.4, -0.2) is 29.9 Å². The minimum absolute atomic E-state index is 0.00686. The van der Waals surface area contributed by atoms with Gasteiger partial charge in [0.1, 0.15) is 0 Å². The van der Waals surface area contributed by atoms with E-state index in [4.69, 9.17) is 0 Å². The smallest absolute Gasteiger partial charge is 0.231 e. The molecule has 2 unspecified atom stereocenters. The zero-order valence-electron chi connectivity index (χ0n) is 13.0. The van der Waals surface area contributed by atoms with Gasteiger partial charge in [0.2, 0.25) is 5.91 Å². The summed E-state index contributed by atoms with van der Waals surface area (Å²) in [6, 6.07) is 8.86. The Balaban J connectivity index is 1.81. The first-order chi connectivity index (χ1) is 10.3. The van der Waals surface area contributed by atoms with Crippen molar-refractivity contribution < 1.29 is 4.79 Å². The zero-order valence-corrected chi connectivity index (χ0v) is 13.0. The predicted molar refractivity (Wildman–Crippen MR) is 85.1 cm³/mol. The first-order valence-electron chi connectivity index (χ1n) is 8.40. The Kier molecular flexibility index (Phi) is 4.59. The Morgan fingerprint density at radius 2 is 2.19 bits per heavy atom. The third-order valence-electron chi connectivity index (χ3n) is 4.92. The number of benzene rings is 1. The Morgan fingerprint density at radius 3 is 3.05 bits per heavy atom. The highest BCUT2D eigenvalue weighted by atomic mass is 16.2. The summed E-state index contributed by atoms with van der Waals surface area (Å²) in [4.78, 5) is 15.3. The van der Waals surface area contributed by atoms with Crippen molar-refractivity contribution >= 4 is 5.91 Å². The number of carbonyl (C=O) groups is 1. The van der Waals surface area contributed by atoms with E-state index in [0.29, 0.717) is 11.9 Å². The lowest BCUT2D eigenvalue weighted by molar-refractivity contribution is -0.136. The molecule has 0 aromatic heterocycles. The summed E-state index contributed by atoms with van der Waals surface area (Å²) in [7, 11) is 0. The highest BCUT2D eigenvalue weighted by molar-refractivity contribution is 5.85. The summed E-state index contributed by atoms with van der Waals surface area (Å²) in [6.07, 6.45) is 5.92. The molecule has 0 bridgehead atoms. The molecule has 0 spiro atoms. The molecule has 2 heterocycles. The highest BCUT2D eigenvalue weighted by Gasteiger charge is 2.33. The Hall–Kier alpha value is -1.35. The molecule has 21 heavy (non-hydrogen) atoms. The van der Waals surface area contributed by atoms with Crippen LogP contribution < -0.4 is 5.32 Å². The van der Waals surface area contributed by atoms with Gasteiger partial charge in [0.05, 0.1) is 5.92 Å². The molecular formula is C18H26N2O. The zero-order chi connectivity index (χ0) is 14.7. The maximum absolute atomic E-state index is 13.1. The van der Waals surface area contributed by atoms with Crippen molar-refractivity contribution in [2.45, 2.75) is 57.5 Å². The maximum Gasteiger partial charge on any atom is 0.231 e. The largest absolute Gasteiger partial charge is 0.339 e. The minimum Gasteiger partial charge on any atom is -0.339 e. The van der Waals surface area contributed by atoms with Crippen LogP contribution in [0.2, 0.25) is 0 Å². The summed E-state index contributed by atoms with van der Waals surface area (Å²) < 4.78 is 0. The first-order valence-corrected chi connectivity index (χ1v) is 8.40. The Labute approximate surface area is 127 Å². The second-order valence-corrected chi connectivity index (χ2v) is 6.35. The van der Waals surface area contributed by atoms with Gasteiger partial charge >= 0.3 is 0 Å².